The molecule has 0 unspecified atom stereocenters. The minimum absolute atomic E-state index is 0.00185. The third-order valence-electron chi connectivity index (χ3n) is 10.00. The fourth-order valence-electron chi connectivity index (χ4n) is 6.86. The number of aliphatic carboxylic acids is 4. The van der Waals surface area contributed by atoms with Gasteiger partial charge in [0.05, 0.1) is 40.3 Å². The second-order valence-electron chi connectivity index (χ2n) is 14.0. The van der Waals surface area contributed by atoms with Crippen LogP contribution >= 0.6 is 0 Å². The third-order valence-corrected chi connectivity index (χ3v) is 10.00. The van der Waals surface area contributed by atoms with E-state index >= 15 is 0 Å². The van der Waals surface area contributed by atoms with Crippen LogP contribution < -0.4 is 18.9 Å². The average Bonchev–Trinajstić information content (AvgIpc) is 3.21. The van der Waals surface area contributed by atoms with Gasteiger partial charge in [0.1, 0.15) is 0 Å². The molecule has 0 aliphatic heterocycles. The van der Waals surface area contributed by atoms with Crippen molar-refractivity contribution in [3.8, 4) is 23.0 Å². The van der Waals surface area contributed by atoms with E-state index in [0.29, 0.717) is 22.3 Å². The van der Waals surface area contributed by atoms with Crippen LogP contribution in [0.2, 0.25) is 0 Å². The first kappa shape index (κ1) is 48.1. The van der Waals surface area contributed by atoms with Gasteiger partial charge in [-0.15, -0.1) is 0 Å². The largest absolute Gasteiger partial charge is 0.494 e. The molecule has 0 saturated carbocycles. The molecule has 0 amide bonds. The minimum atomic E-state index is -1.09. The molecule has 0 aliphatic rings. The van der Waals surface area contributed by atoms with Crippen molar-refractivity contribution in [2.45, 2.75) is 51.4 Å². The third kappa shape index (κ3) is 14.5. The molecule has 12 nitrogen and oxygen atoms in total. The zero-order valence-corrected chi connectivity index (χ0v) is 33.5. The lowest BCUT2D eigenvalue weighted by molar-refractivity contribution is -0.145. The van der Waals surface area contributed by atoms with E-state index < -0.39 is 70.8 Å². The highest BCUT2D eigenvalue weighted by Crippen LogP contribution is 2.32. The summed E-state index contributed by atoms with van der Waals surface area (Å²) in [5.41, 5.74) is 2.37. The van der Waals surface area contributed by atoms with Crippen molar-refractivity contribution in [3.63, 3.8) is 0 Å². The molecule has 0 fully saturated rings. The lowest BCUT2D eigenvalue weighted by Gasteiger charge is -2.24. The van der Waals surface area contributed by atoms with Crippen LogP contribution in [-0.4, -0.2) is 72.7 Å². The van der Waals surface area contributed by atoms with Gasteiger partial charge in [0, 0.05) is 12.8 Å². The number of carbonyl (C=O) groups is 4. The molecule has 60 heavy (non-hydrogen) atoms. The maximum Gasteiger partial charge on any atom is 0.307 e. The smallest absolute Gasteiger partial charge is 0.307 e. The van der Waals surface area contributed by atoms with Gasteiger partial charge in [-0.25, -0.2) is 17.6 Å². The summed E-state index contributed by atoms with van der Waals surface area (Å²) in [6.07, 6.45) is 0.384. The van der Waals surface area contributed by atoms with Gasteiger partial charge in [-0.3, -0.25) is 19.2 Å². The summed E-state index contributed by atoms with van der Waals surface area (Å²) in [6.45, 7) is 0. The van der Waals surface area contributed by atoms with Crippen LogP contribution in [-0.2, 0) is 44.9 Å². The number of benzene rings is 4. The Morgan fingerprint density at radius 2 is 0.700 bits per heavy atom. The Labute approximate surface area is 344 Å². The van der Waals surface area contributed by atoms with Crippen molar-refractivity contribution in [1.82, 2.24) is 0 Å². The number of hydrogen-bond acceptors (Lipinski definition) is 8. The van der Waals surface area contributed by atoms with Crippen molar-refractivity contribution < 1.29 is 76.1 Å². The van der Waals surface area contributed by atoms with Crippen molar-refractivity contribution in [2.75, 3.05) is 28.4 Å². The van der Waals surface area contributed by atoms with E-state index in [9.17, 15) is 47.0 Å². The Kier molecular flexibility index (Phi) is 18.7. The lowest BCUT2D eigenvalue weighted by atomic mass is 9.80. The molecule has 0 bridgehead atoms. The maximum absolute atomic E-state index is 13.7. The average molecular weight is 845 g/mol. The fourth-order valence-corrected chi connectivity index (χ4v) is 6.86. The number of ether oxygens (including phenoxy) is 4. The lowest BCUT2D eigenvalue weighted by Crippen LogP contribution is -2.28. The first-order chi connectivity index (χ1) is 28.5. The monoisotopic (exact) mass is 844 g/mol. The summed E-state index contributed by atoms with van der Waals surface area (Å²) in [5, 5.41) is 37.8. The Morgan fingerprint density at radius 3 is 0.917 bits per heavy atom. The second kappa shape index (κ2) is 23.3. The molecular weight excluding hydrogens is 796 g/mol. The standard InChI is InChI=1S/2C22H24F2O6/c2*1-29-19-11-13(3-6-17(19)23)9-15(5-8-21(25)26)16(22(27)28)10-14-4-7-18(24)20(12-14)30-2/h2*3-4,6-7,11-12,15-16H,5,8-10H2,1-2H3,(H,25,26)(H,27,28)/t2*15-,16-/m10/s1. The van der Waals surface area contributed by atoms with Gasteiger partial charge in [-0.05, 0) is 121 Å². The van der Waals surface area contributed by atoms with E-state index in [1.807, 2.05) is 0 Å². The van der Waals surface area contributed by atoms with Crippen LogP contribution in [0.5, 0.6) is 23.0 Å². The summed E-state index contributed by atoms with van der Waals surface area (Å²) in [4.78, 5) is 46.3. The Morgan fingerprint density at radius 1 is 0.450 bits per heavy atom. The van der Waals surface area contributed by atoms with Gasteiger partial charge in [0.15, 0.2) is 46.3 Å². The normalized spacial score (nSPS) is 12.8. The first-order valence-corrected chi connectivity index (χ1v) is 18.7. The van der Waals surface area contributed by atoms with Crippen molar-refractivity contribution in [1.29, 1.82) is 0 Å². The van der Waals surface area contributed by atoms with Crippen molar-refractivity contribution in [2.24, 2.45) is 23.7 Å². The van der Waals surface area contributed by atoms with Gasteiger partial charge in [0.25, 0.3) is 0 Å². The molecule has 4 aromatic rings. The quantitative estimate of drug-likeness (QED) is 0.0562. The van der Waals surface area contributed by atoms with Gasteiger partial charge in [-0.2, -0.15) is 0 Å². The molecule has 0 heterocycles. The number of rotatable bonds is 22. The van der Waals surface area contributed by atoms with Crippen LogP contribution in [0.1, 0.15) is 47.9 Å². The predicted molar refractivity (Wildman–Crippen MR) is 210 cm³/mol. The van der Waals surface area contributed by atoms with Gasteiger partial charge in [0.2, 0.25) is 0 Å². The first-order valence-electron chi connectivity index (χ1n) is 18.7. The summed E-state index contributed by atoms with van der Waals surface area (Å²) in [6, 6.07) is 16.6. The molecule has 4 aromatic carbocycles. The van der Waals surface area contributed by atoms with Crippen LogP contribution in [0.15, 0.2) is 72.8 Å². The Hall–Kier alpha value is -6.32. The van der Waals surface area contributed by atoms with Gasteiger partial charge < -0.3 is 39.4 Å². The zero-order valence-electron chi connectivity index (χ0n) is 33.5. The van der Waals surface area contributed by atoms with E-state index in [0.717, 1.165) is 0 Å². The van der Waals surface area contributed by atoms with E-state index in [1.165, 1.54) is 101 Å². The van der Waals surface area contributed by atoms with E-state index in [2.05, 4.69) is 0 Å². The van der Waals surface area contributed by atoms with Gasteiger partial charge >= 0.3 is 23.9 Å². The van der Waals surface area contributed by atoms with Crippen LogP contribution in [0.25, 0.3) is 0 Å². The number of carboxylic acids is 4. The highest BCUT2D eigenvalue weighted by atomic mass is 19.1. The van der Waals surface area contributed by atoms with Gasteiger partial charge in [-0.1, -0.05) is 24.3 Å². The van der Waals surface area contributed by atoms with E-state index in [1.54, 1.807) is 0 Å². The molecule has 4 N–H and O–H groups in total. The SMILES string of the molecule is COc1cc(C[C@@H](CCC(=O)O)[C@@H](Cc2ccc(F)c(OC)c2)C(=O)O)ccc1F.COc1cc(C[C@H](CCC(=O)O)[C@H](Cc2ccc(F)c(OC)c2)C(=O)O)ccc1F. The highest BCUT2D eigenvalue weighted by Gasteiger charge is 2.31. The predicted octanol–water partition coefficient (Wildman–Crippen LogP) is 7.90. The molecule has 16 heteroatoms. The minimum Gasteiger partial charge on any atom is -0.494 e. The topological polar surface area (TPSA) is 186 Å². The summed E-state index contributed by atoms with van der Waals surface area (Å²) >= 11 is 0. The van der Waals surface area contributed by atoms with Crippen molar-refractivity contribution in [3.05, 3.63) is 118 Å². The summed E-state index contributed by atoms with van der Waals surface area (Å²) < 4.78 is 74.6. The number of carboxylic acid groups (broad SMARTS) is 4. The number of methoxy groups -OCH3 is 4. The molecule has 0 spiro atoms. The molecule has 0 aliphatic carbocycles. The Balaban J connectivity index is 0.000000320. The Bertz CT molecular complexity index is 1950. The highest BCUT2D eigenvalue weighted by molar-refractivity contribution is 5.72. The molecule has 0 radical (unpaired) electrons. The maximum atomic E-state index is 13.7. The molecule has 324 valence electrons. The fraction of sp³-hybridized carbons (Fsp3) is 0.364. The molecule has 4 rings (SSSR count). The number of halogens is 4. The van der Waals surface area contributed by atoms with E-state index in [4.69, 9.17) is 29.2 Å². The zero-order chi connectivity index (χ0) is 44.5. The van der Waals surface area contributed by atoms with E-state index in [-0.39, 0.29) is 74.4 Å². The summed E-state index contributed by atoms with van der Waals surface area (Å²) in [7, 11) is 5.28. The van der Waals surface area contributed by atoms with Crippen LogP contribution in [0.3, 0.4) is 0 Å². The summed E-state index contributed by atoms with van der Waals surface area (Å²) in [5.74, 6) is -9.39. The van der Waals surface area contributed by atoms with Crippen LogP contribution in [0, 0.1) is 46.9 Å². The van der Waals surface area contributed by atoms with Crippen molar-refractivity contribution >= 4 is 23.9 Å². The number of hydrogen-bond donors (Lipinski definition) is 4. The molecule has 0 aromatic heterocycles. The molecule has 4 atom stereocenters. The second-order valence-corrected chi connectivity index (χ2v) is 14.0. The molecule has 0 saturated heterocycles. The van der Waals surface area contributed by atoms with Crippen LogP contribution in [0.4, 0.5) is 17.6 Å². The molecular formula is C44H48F4O12.